The first-order chi connectivity index (χ1) is 12.2. The highest BCUT2D eigenvalue weighted by Crippen LogP contribution is 2.18. The molecule has 5 nitrogen and oxygen atoms in total. The second-order valence-electron chi connectivity index (χ2n) is 6.01. The number of methoxy groups -OCH3 is 1. The fraction of sp³-hybridized carbons (Fsp3) is 0.250. The molecular formula is C20H22N2O3. The number of benzene rings is 2. The van der Waals surface area contributed by atoms with E-state index in [9.17, 15) is 9.90 Å². The van der Waals surface area contributed by atoms with Crippen molar-refractivity contribution in [3.05, 3.63) is 81.9 Å². The van der Waals surface area contributed by atoms with Gasteiger partial charge in [0.2, 0.25) is 5.88 Å². The Morgan fingerprint density at radius 1 is 1.00 bits per heavy atom. The van der Waals surface area contributed by atoms with Crippen molar-refractivity contribution < 1.29 is 9.84 Å². The van der Waals surface area contributed by atoms with E-state index < -0.39 is 0 Å². The number of aromatic amines is 1. The Bertz CT molecular complexity index is 864. The quantitative estimate of drug-likeness (QED) is 0.695. The summed E-state index contributed by atoms with van der Waals surface area (Å²) >= 11 is 0. The average molecular weight is 338 g/mol. The lowest BCUT2D eigenvalue weighted by Gasteiger charge is -2.05. The lowest BCUT2D eigenvalue weighted by Crippen LogP contribution is -2.17. The molecule has 0 unspecified atom stereocenters. The van der Waals surface area contributed by atoms with Crippen molar-refractivity contribution in [2.24, 2.45) is 0 Å². The number of rotatable bonds is 7. The van der Waals surface area contributed by atoms with Gasteiger partial charge >= 0.3 is 5.69 Å². The lowest BCUT2D eigenvalue weighted by molar-refractivity contribution is 0.414. The van der Waals surface area contributed by atoms with Gasteiger partial charge in [-0.15, -0.1) is 0 Å². The summed E-state index contributed by atoms with van der Waals surface area (Å²) < 4.78 is 6.52. The predicted molar refractivity (Wildman–Crippen MR) is 97.3 cm³/mol. The van der Waals surface area contributed by atoms with Crippen LogP contribution in [0.1, 0.15) is 23.2 Å². The highest BCUT2D eigenvalue weighted by molar-refractivity contribution is 5.27. The summed E-state index contributed by atoms with van der Waals surface area (Å²) in [6, 6.07) is 17.6. The number of imidazole rings is 1. The highest BCUT2D eigenvalue weighted by atomic mass is 16.5. The number of aromatic nitrogens is 2. The average Bonchev–Trinajstić information content (AvgIpc) is 2.91. The zero-order chi connectivity index (χ0) is 17.6. The van der Waals surface area contributed by atoms with Gasteiger partial charge in [0.25, 0.3) is 0 Å². The number of aromatic hydroxyl groups is 1. The smallest absolute Gasteiger partial charge is 0.328 e. The minimum Gasteiger partial charge on any atom is -0.497 e. The van der Waals surface area contributed by atoms with Crippen LogP contribution in [0, 0.1) is 0 Å². The van der Waals surface area contributed by atoms with Gasteiger partial charge in [0, 0.05) is 0 Å². The Morgan fingerprint density at radius 3 is 2.40 bits per heavy atom. The maximum atomic E-state index is 12.1. The number of hydrogen-bond donors (Lipinski definition) is 2. The number of hydrogen-bond acceptors (Lipinski definition) is 3. The van der Waals surface area contributed by atoms with E-state index in [0.29, 0.717) is 18.7 Å². The molecule has 0 aliphatic rings. The van der Waals surface area contributed by atoms with Gasteiger partial charge in [-0.1, -0.05) is 42.5 Å². The summed E-state index contributed by atoms with van der Waals surface area (Å²) in [5.41, 5.74) is 2.49. The molecule has 0 amide bonds. The van der Waals surface area contributed by atoms with Gasteiger partial charge in [0.05, 0.1) is 19.3 Å². The molecule has 0 saturated heterocycles. The van der Waals surface area contributed by atoms with Gasteiger partial charge in [0.1, 0.15) is 5.75 Å². The molecule has 5 heteroatoms. The third-order valence-electron chi connectivity index (χ3n) is 4.26. The zero-order valence-electron chi connectivity index (χ0n) is 14.2. The zero-order valence-corrected chi connectivity index (χ0v) is 14.2. The molecule has 0 fully saturated rings. The molecule has 130 valence electrons. The van der Waals surface area contributed by atoms with Crippen molar-refractivity contribution in [1.29, 1.82) is 0 Å². The maximum absolute atomic E-state index is 12.1. The Hall–Kier alpha value is -2.95. The van der Waals surface area contributed by atoms with Crippen LogP contribution < -0.4 is 10.4 Å². The van der Waals surface area contributed by atoms with E-state index in [1.807, 2.05) is 54.6 Å². The van der Waals surface area contributed by atoms with E-state index in [1.165, 1.54) is 10.1 Å². The third-order valence-corrected chi connectivity index (χ3v) is 4.26. The van der Waals surface area contributed by atoms with Gasteiger partial charge in [-0.05, 0) is 42.5 Å². The van der Waals surface area contributed by atoms with E-state index >= 15 is 0 Å². The van der Waals surface area contributed by atoms with Crippen molar-refractivity contribution in [2.45, 2.75) is 25.8 Å². The molecular weight excluding hydrogens is 316 g/mol. The van der Waals surface area contributed by atoms with Crippen LogP contribution in [0.15, 0.2) is 59.4 Å². The molecule has 3 aromatic rings. The largest absolute Gasteiger partial charge is 0.497 e. The summed E-state index contributed by atoms with van der Waals surface area (Å²) in [7, 11) is 1.65. The molecule has 0 radical (unpaired) electrons. The van der Waals surface area contributed by atoms with Gasteiger partial charge in [0.15, 0.2) is 0 Å². The van der Waals surface area contributed by atoms with Crippen LogP contribution in [0.4, 0.5) is 0 Å². The van der Waals surface area contributed by atoms with Crippen LogP contribution in [-0.4, -0.2) is 21.8 Å². The van der Waals surface area contributed by atoms with Gasteiger partial charge < -0.3 is 14.8 Å². The fourth-order valence-electron chi connectivity index (χ4n) is 2.86. The molecule has 1 heterocycles. The van der Waals surface area contributed by atoms with Crippen molar-refractivity contribution >= 4 is 0 Å². The maximum Gasteiger partial charge on any atom is 0.328 e. The van der Waals surface area contributed by atoms with Gasteiger partial charge in [-0.25, -0.2) is 4.79 Å². The second-order valence-corrected chi connectivity index (χ2v) is 6.01. The topological polar surface area (TPSA) is 67.2 Å². The lowest BCUT2D eigenvalue weighted by atomic mass is 10.1. The monoisotopic (exact) mass is 338 g/mol. The molecule has 0 atom stereocenters. The SMILES string of the molecule is COc1ccc(CCCc2[nH]c(=O)n(Cc3ccccc3)c2O)cc1. The Labute approximate surface area is 146 Å². The minimum absolute atomic E-state index is 0.0311. The molecule has 2 aromatic carbocycles. The van der Waals surface area contributed by atoms with E-state index in [4.69, 9.17) is 4.74 Å². The number of nitrogens with zero attached hydrogens (tertiary/aromatic N) is 1. The Morgan fingerprint density at radius 2 is 1.72 bits per heavy atom. The van der Waals surface area contributed by atoms with Crippen LogP contribution >= 0.6 is 0 Å². The molecule has 0 spiro atoms. The van der Waals surface area contributed by atoms with E-state index in [0.717, 1.165) is 24.2 Å². The van der Waals surface area contributed by atoms with Crippen molar-refractivity contribution in [3.63, 3.8) is 0 Å². The first kappa shape index (κ1) is 16.9. The Balaban J connectivity index is 1.63. The van der Waals surface area contributed by atoms with Crippen molar-refractivity contribution in [2.75, 3.05) is 7.11 Å². The van der Waals surface area contributed by atoms with Crippen LogP contribution in [0.5, 0.6) is 11.6 Å². The first-order valence-corrected chi connectivity index (χ1v) is 8.35. The number of H-pyrrole nitrogens is 1. The number of ether oxygens (including phenoxy) is 1. The third kappa shape index (κ3) is 4.12. The van der Waals surface area contributed by atoms with E-state index in [-0.39, 0.29) is 11.6 Å². The first-order valence-electron chi connectivity index (χ1n) is 8.35. The van der Waals surface area contributed by atoms with Crippen molar-refractivity contribution in [1.82, 2.24) is 9.55 Å². The molecule has 1 aromatic heterocycles. The van der Waals surface area contributed by atoms with Gasteiger partial charge in [-0.3, -0.25) is 4.57 Å². The normalized spacial score (nSPS) is 10.8. The Kier molecular flexibility index (Phi) is 5.23. The number of aryl methyl sites for hydroxylation is 2. The second kappa shape index (κ2) is 7.75. The standard InChI is InChI=1S/C20H22N2O3/c1-25-17-12-10-15(11-13-17)8-5-9-18-19(23)22(20(24)21-18)14-16-6-3-2-4-7-16/h2-4,6-7,10-13,23H,5,8-9,14H2,1H3,(H,21,24). The molecule has 0 aliphatic carbocycles. The van der Waals surface area contributed by atoms with Crippen LogP contribution in [-0.2, 0) is 19.4 Å². The van der Waals surface area contributed by atoms with E-state index in [1.54, 1.807) is 7.11 Å². The molecule has 3 rings (SSSR count). The summed E-state index contributed by atoms with van der Waals surface area (Å²) in [6.07, 6.45) is 2.33. The summed E-state index contributed by atoms with van der Waals surface area (Å²) in [4.78, 5) is 14.9. The minimum atomic E-state index is -0.277. The summed E-state index contributed by atoms with van der Waals surface area (Å²) in [5.74, 6) is 0.868. The summed E-state index contributed by atoms with van der Waals surface area (Å²) in [5, 5.41) is 10.4. The molecule has 2 N–H and O–H groups in total. The molecule has 0 saturated carbocycles. The molecule has 0 bridgehead atoms. The summed E-state index contributed by atoms with van der Waals surface area (Å²) in [6.45, 7) is 0.362. The molecule has 25 heavy (non-hydrogen) atoms. The molecule has 0 aliphatic heterocycles. The predicted octanol–water partition coefficient (Wildman–Crippen LogP) is 3.11. The van der Waals surface area contributed by atoms with Crippen LogP contribution in [0.25, 0.3) is 0 Å². The van der Waals surface area contributed by atoms with E-state index in [2.05, 4.69) is 4.98 Å². The highest BCUT2D eigenvalue weighted by Gasteiger charge is 2.13. The number of nitrogens with one attached hydrogen (secondary N) is 1. The van der Waals surface area contributed by atoms with Crippen molar-refractivity contribution in [3.8, 4) is 11.6 Å². The van der Waals surface area contributed by atoms with Gasteiger partial charge in [-0.2, -0.15) is 0 Å². The van der Waals surface area contributed by atoms with Crippen LogP contribution in [0.3, 0.4) is 0 Å². The van der Waals surface area contributed by atoms with Crippen LogP contribution in [0.2, 0.25) is 0 Å². The fourth-order valence-corrected chi connectivity index (χ4v) is 2.86.